The van der Waals surface area contributed by atoms with Crippen LogP contribution in [0.2, 0.25) is 0 Å². The number of thioether (sulfide) groups is 1. The predicted molar refractivity (Wildman–Crippen MR) is 73.6 cm³/mol. The van der Waals surface area contributed by atoms with Gasteiger partial charge in [0.2, 0.25) is 0 Å². The molecule has 16 heavy (non-hydrogen) atoms. The van der Waals surface area contributed by atoms with Crippen LogP contribution >= 0.6 is 24.4 Å². The molecule has 0 aliphatic heterocycles. The van der Waals surface area contributed by atoms with Gasteiger partial charge < -0.3 is 5.32 Å². The predicted octanol–water partition coefficient (Wildman–Crippen LogP) is 2.85. The van der Waals surface area contributed by atoms with E-state index in [-0.39, 0.29) is 11.9 Å². The van der Waals surface area contributed by atoms with Crippen molar-refractivity contribution in [2.24, 2.45) is 0 Å². The Morgan fingerprint density at radius 3 is 2.88 bits per heavy atom. The maximum absolute atomic E-state index is 11.9. The van der Waals surface area contributed by atoms with E-state index in [4.69, 9.17) is 0 Å². The molecule has 1 rings (SSSR count). The number of carbonyl (C=O) groups excluding carboxylic acids is 1. The fraction of sp³-hybridized carbons (Fsp3) is 0.417. The van der Waals surface area contributed by atoms with Gasteiger partial charge in [-0.05, 0) is 30.9 Å². The van der Waals surface area contributed by atoms with E-state index in [0.29, 0.717) is 5.56 Å². The van der Waals surface area contributed by atoms with Crippen molar-refractivity contribution in [3.8, 4) is 0 Å². The molecule has 1 aromatic carbocycles. The zero-order valence-electron chi connectivity index (χ0n) is 9.56. The number of nitrogens with one attached hydrogen (secondary N) is 1. The lowest BCUT2D eigenvalue weighted by atomic mass is 10.2. The molecule has 4 heteroatoms. The second-order valence-corrected chi connectivity index (χ2v) is 5.01. The zero-order valence-corrected chi connectivity index (χ0v) is 11.3. The standard InChI is InChI=1S/C12H17NOS2/c1-3-10(8-16-2)13-12(14)9-5-4-6-11(15)7-9/h4-7,10,15H,3,8H2,1-2H3,(H,13,14). The quantitative estimate of drug-likeness (QED) is 0.792. The molecule has 1 aromatic rings. The van der Waals surface area contributed by atoms with Gasteiger partial charge in [0, 0.05) is 22.3 Å². The van der Waals surface area contributed by atoms with E-state index in [0.717, 1.165) is 17.1 Å². The van der Waals surface area contributed by atoms with Gasteiger partial charge in [-0.15, -0.1) is 12.6 Å². The summed E-state index contributed by atoms with van der Waals surface area (Å²) >= 11 is 5.96. The van der Waals surface area contributed by atoms with Crippen molar-refractivity contribution >= 4 is 30.3 Å². The molecule has 2 nitrogen and oxygen atoms in total. The van der Waals surface area contributed by atoms with Crippen LogP contribution in [0.25, 0.3) is 0 Å². The van der Waals surface area contributed by atoms with Crippen LogP contribution in [-0.2, 0) is 0 Å². The van der Waals surface area contributed by atoms with Crippen molar-refractivity contribution in [3.05, 3.63) is 29.8 Å². The van der Waals surface area contributed by atoms with E-state index in [1.807, 2.05) is 18.4 Å². The summed E-state index contributed by atoms with van der Waals surface area (Å²) in [6.45, 7) is 2.08. The Bertz CT molecular complexity index is 355. The number of carbonyl (C=O) groups is 1. The number of amides is 1. The summed E-state index contributed by atoms with van der Waals surface area (Å²) in [5, 5.41) is 3.02. The third-order valence-corrected chi connectivity index (χ3v) is 3.32. The highest BCUT2D eigenvalue weighted by Crippen LogP contribution is 2.09. The van der Waals surface area contributed by atoms with Crippen LogP contribution in [0.1, 0.15) is 23.7 Å². The van der Waals surface area contributed by atoms with E-state index < -0.39 is 0 Å². The summed E-state index contributed by atoms with van der Waals surface area (Å²) in [6, 6.07) is 7.53. The average Bonchev–Trinajstić information content (AvgIpc) is 2.28. The van der Waals surface area contributed by atoms with Gasteiger partial charge in [-0.1, -0.05) is 13.0 Å². The number of hydrogen-bond donors (Lipinski definition) is 2. The lowest BCUT2D eigenvalue weighted by Gasteiger charge is -2.15. The Hall–Kier alpha value is -0.610. The van der Waals surface area contributed by atoms with E-state index in [1.54, 1.807) is 23.9 Å². The smallest absolute Gasteiger partial charge is 0.251 e. The Labute approximate surface area is 107 Å². The summed E-state index contributed by atoms with van der Waals surface area (Å²) in [7, 11) is 0. The summed E-state index contributed by atoms with van der Waals surface area (Å²) in [4.78, 5) is 12.7. The normalized spacial score (nSPS) is 12.2. The summed E-state index contributed by atoms with van der Waals surface area (Å²) in [6.07, 6.45) is 3.00. The monoisotopic (exact) mass is 255 g/mol. The van der Waals surface area contributed by atoms with Crippen molar-refractivity contribution in [1.82, 2.24) is 5.32 Å². The third kappa shape index (κ3) is 4.10. The van der Waals surface area contributed by atoms with Gasteiger partial charge in [-0.3, -0.25) is 4.79 Å². The molecule has 1 atom stereocenters. The molecule has 1 amide bonds. The van der Waals surface area contributed by atoms with Crippen LogP contribution < -0.4 is 5.32 Å². The molecule has 0 fully saturated rings. The van der Waals surface area contributed by atoms with Gasteiger partial charge >= 0.3 is 0 Å². The Morgan fingerprint density at radius 1 is 1.56 bits per heavy atom. The topological polar surface area (TPSA) is 29.1 Å². The van der Waals surface area contributed by atoms with Crippen LogP contribution in [-0.4, -0.2) is 24.0 Å². The lowest BCUT2D eigenvalue weighted by molar-refractivity contribution is 0.0940. The molecule has 0 aliphatic rings. The molecule has 0 aliphatic carbocycles. The van der Waals surface area contributed by atoms with Gasteiger partial charge in [0.05, 0.1) is 0 Å². The molecule has 0 saturated heterocycles. The Kier molecular flexibility index (Phi) is 5.77. The summed E-state index contributed by atoms with van der Waals surface area (Å²) < 4.78 is 0. The van der Waals surface area contributed by atoms with Crippen molar-refractivity contribution in [3.63, 3.8) is 0 Å². The molecular weight excluding hydrogens is 238 g/mol. The lowest BCUT2D eigenvalue weighted by Crippen LogP contribution is -2.36. The number of hydrogen-bond acceptors (Lipinski definition) is 3. The van der Waals surface area contributed by atoms with Crippen molar-refractivity contribution < 1.29 is 4.79 Å². The number of benzene rings is 1. The summed E-state index contributed by atoms with van der Waals surface area (Å²) in [5.74, 6) is 0.930. The highest BCUT2D eigenvalue weighted by molar-refractivity contribution is 7.98. The summed E-state index contributed by atoms with van der Waals surface area (Å²) in [5.41, 5.74) is 0.673. The first-order valence-corrected chi connectivity index (χ1v) is 7.10. The maximum atomic E-state index is 11.9. The number of thiol groups is 1. The van der Waals surface area contributed by atoms with E-state index in [9.17, 15) is 4.79 Å². The molecule has 0 heterocycles. The highest BCUT2D eigenvalue weighted by Gasteiger charge is 2.11. The minimum atomic E-state index is -0.0169. The molecule has 1 N–H and O–H groups in total. The first-order chi connectivity index (χ1) is 7.67. The van der Waals surface area contributed by atoms with Crippen LogP contribution in [0.5, 0.6) is 0 Å². The van der Waals surface area contributed by atoms with Gasteiger partial charge in [-0.25, -0.2) is 0 Å². The first-order valence-electron chi connectivity index (χ1n) is 5.26. The molecule has 1 unspecified atom stereocenters. The van der Waals surface area contributed by atoms with Crippen LogP contribution in [0.15, 0.2) is 29.2 Å². The van der Waals surface area contributed by atoms with Crippen molar-refractivity contribution in [1.29, 1.82) is 0 Å². The zero-order chi connectivity index (χ0) is 12.0. The fourth-order valence-corrected chi connectivity index (χ4v) is 2.33. The van der Waals surface area contributed by atoms with E-state index in [1.165, 1.54) is 0 Å². The van der Waals surface area contributed by atoms with E-state index in [2.05, 4.69) is 24.9 Å². The van der Waals surface area contributed by atoms with Crippen molar-refractivity contribution in [2.45, 2.75) is 24.3 Å². The van der Waals surface area contributed by atoms with Crippen LogP contribution in [0.3, 0.4) is 0 Å². The minimum Gasteiger partial charge on any atom is -0.348 e. The number of rotatable bonds is 5. The van der Waals surface area contributed by atoms with Gasteiger partial charge in [-0.2, -0.15) is 11.8 Å². The third-order valence-electron chi connectivity index (χ3n) is 2.30. The Balaban J connectivity index is 2.64. The first kappa shape index (κ1) is 13.5. The molecule has 0 radical (unpaired) electrons. The second kappa shape index (κ2) is 6.86. The van der Waals surface area contributed by atoms with Crippen LogP contribution in [0.4, 0.5) is 0 Å². The van der Waals surface area contributed by atoms with E-state index >= 15 is 0 Å². The highest BCUT2D eigenvalue weighted by atomic mass is 32.2. The molecule has 0 bridgehead atoms. The molecule has 0 aromatic heterocycles. The van der Waals surface area contributed by atoms with Crippen LogP contribution in [0, 0.1) is 0 Å². The van der Waals surface area contributed by atoms with Gasteiger partial charge in [0.15, 0.2) is 0 Å². The molecule has 0 saturated carbocycles. The largest absolute Gasteiger partial charge is 0.348 e. The van der Waals surface area contributed by atoms with Gasteiger partial charge in [0.1, 0.15) is 0 Å². The maximum Gasteiger partial charge on any atom is 0.251 e. The minimum absolute atomic E-state index is 0.0169. The molecule has 0 spiro atoms. The van der Waals surface area contributed by atoms with Crippen molar-refractivity contribution in [2.75, 3.05) is 12.0 Å². The molecular formula is C12H17NOS2. The molecule has 88 valence electrons. The van der Waals surface area contributed by atoms with Gasteiger partial charge in [0.25, 0.3) is 5.91 Å². The second-order valence-electron chi connectivity index (χ2n) is 3.58. The fourth-order valence-electron chi connectivity index (χ4n) is 1.38. The SMILES string of the molecule is CCC(CSC)NC(=O)c1cccc(S)c1. The Morgan fingerprint density at radius 2 is 2.31 bits per heavy atom. The average molecular weight is 255 g/mol.